The van der Waals surface area contributed by atoms with Crippen molar-refractivity contribution >= 4 is 39.1 Å². The molecule has 1 aromatic rings. The van der Waals surface area contributed by atoms with Crippen LogP contribution in [0, 0.1) is 0 Å². The lowest BCUT2D eigenvalue weighted by Crippen LogP contribution is -2.41. The van der Waals surface area contributed by atoms with Crippen LogP contribution in [0.25, 0.3) is 0 Å². The van der Waals surface area contributed by atoms with Gasteiger partial charge in [-0.3, -0.25) is 0 Å². The van der Waals surface area contributed by atoms with Crippen molar-refractivity contribution in [1.82, 2.24) is 4.72 Å². The van der Waals surface area contributed by atoms with E-state index in [1.54, 1.807) is 19.2 Å². The fraction of sp³-hybridized carbons (Fsp3) is 0.455. The molecule has 0 aliphatic rings. The molecule has 0 aliphatic heterocycles. The number of nitrogens with one attached hydrogen (secondary N) is 1. The standard InChI is InChI=1S/C11H17ClN2O3S2/c1-7(10(6-15)18-2)14-19(16,17)11-8(12)4-3-5-9(11)13/h3-5,7,10,14-15H,6,13H2,1-2H3. The lowest BCUT2D eigenvalue weighted by Gasteiger charge is -2.21. The first-order valence-corrected chi connectivity index (χ1v) is 8.68. The predicted octanol–water partition coefficient (Wildman–Crippen LogP) is 1.31. The van der Waals surface area contributed by atoms with Crippen molar-refractivity contribution in [3.8, 4) is 0 Å². The zero-order valence-corrected chi connectivity index (χ0v) is 13.0. The number of thioether (sulfide) groups is 1. The van der Waals surface area contributed by atoms with Crippen molar-refractivity contribution < 1.29 is 13.5 Å². The van der Waals surface area contributed by atoms with Crippen LogP contribution in [-0.2, 0) is 10.0 Å². The summed E-state index contributed by atoms with van der Waals surface area (Å²) in [5, 5.41) is 9.00. The van der Waals surface area contributed by atoms with Crippen LogP contribution in [0.4, 0.5) is 5.69 Å². The molecule has 2 atom stereocenters. The smallest absolute Gasteiger partial charge is 0.244 e. The number of anilines is 1. The van der Waals surface area contributed by atoms with Crippen molar-refractivity contribution in [2.75, 3.05) is 18.6 Å². The summed E-state index contributed by atoms with van der Waals surface area (Å²) in [4.78, 5) is -0.124. The van der Waals surface area contributed by atoms with E-state index in [-0.39, 0.29) is 27.5 Å². The maximum atomic E-state index is 12.3. The van der Waals surface area contributed by atoms with E-state index >= 15 is 0 Å². The van der Waals surface area contributed by atoms with E-state index in [9.17, 15) is 8.42 Å². The molecule has 0 aromatic heterocycles. The van der Waals surface area contributed by atoms with Crippen molar-refractivity contribution in [1.29, 1.82) is 0 Å². The lowest BCUT2D eigenvalue weighted by atomic mass is 10.3. The Kier molecular flexibility index (Phi) is 5.94. The second kappa shape index (κ2) is 6.81. The molecule has 0 amide bonds. The van der Waals surface area contributed by atoms with Gasteiger partial charge in [-0.05, 0) is 25.3 Å². The summed E-state index contributed by atoms with van der Waals surface area (Å²) in [7, 11) is -3.82. The minimum absolute atomic E-state index is 0.0735. The molecule has 0 bridgehead atoms. The van der Waals surface area contributed by atoms with E-state index in [2.05, 4.69) is 4.72 Å². The zero-order chi connectivity index (χ0) is 14.6. The maximum Gasteiger partial charge on any atom is 0.244 e. The molecule has 0 spiro atoms. The minimum Gasteiger partial charge on any atom is -0.398 e. The van der Waals surface area contributed by atoms with Gasteiger partial charge in [0.05, 0.1) is 17.3 Å². The van der Waals surface area contributed by atoms with E-state index in [0.717, 1.165) is 0 Å². The van der Waals surface area contributed by atoms with Crippen LogP contribution in [0.1, 0.15) is 6.92 Å². The van der Waals surface area contributed by atoms with Crippen LogP contribution < -0.4 is 10.5 Å². The number of aliphatic hydroxyl groups is 1. The number of nitrogens with two attached hydrogens (primary N) is 1. The van der Waals surface area contributed by atoms with Crippen LogP contribution in [0.5, 0.6) is 0 Å². The van der Waals surface area contributed by atoms with Crippen molar-refractivity contribution in [2.45, 2.75) is 23.1 Å². The lowest BCUT2D eigenvalue weighted by molar-refractivity contribution is 0.282. The number of rotatable bonds is 6. The Labute approximate surface area is 122 Å². The van der Waals surface area contributed by atoms with Crippen molar-refractivity contribution in [3.05, 3.63) is 23.2 Å². The Hall–Kier alpha value is -0.470. The Morgan fingerprint density at radius 1 is 1.53 bits per heavy atom. The SMILES string of the molecule is CSC(CO)C(C)NS(=O)(=O)c1c(N)cccc1Cl. The Morgan fingerprint density at radius 2 is 2.16 bits per heavy atom. The summed E-state index contributed by atoms with van der Waals surface area (Å²) in [6.07, 6.45) is 1.80. The van der Waals surface area contributed by atoms with Crippen LogP contribution in [-0.4, -0.2) is 37.7 Å². The van der Waals surface area contributed by atoms with Gasteiger partial charge in [0.2, 0.25) is 10.0 Å². The highest BCUT2D eigenvalue weighted by Gasteiger charge is 2.26. The van der Waals surface area contributed by atoms with Gasteiger partial charge in [-0.1, -0.05) is 17.7 Å². The van der Waals surface area contributed by atoms with Gasteiger partial charge in [0.25, 0.3) is 0 Å². The highest BCUT2D eigenvalue weighted by molar-refractivity contribution is 7.99. The topological polar surface area (TPSA) is 92.4 Å². The summed E-state index contributed by atoms with van der Waals surface area (Å²) >= 11 is 7.27. The second-order valence-electron chi connectivity index (χ2n) is 4.02. The van der Waals surface area contributed by atoms with Gasteiger partial charge in [-0.15, -0.1) is 0 Å². The summed E-state index contributed by atoms with van der Waals surface area (Å²) in [6.45, 7) is 1.56. The van der Waals surface area contributed by atoms with E-state index in [1.807, 2.05) is 0 Å². The molecule has 2 unspecified atom stereocenters. The first-order valence-electron chi connectivity index (χ1n) is 5.53. The van der Waals surface area contributed by atoms with E-state index in [4.69, 9.17) is 22.4 Å². The Morgan fingerprint density at radius 3 is 2.63 bits per heavy atom. The minimum atomic E-state index is -3.82. The molecule has 8 heteroatoms. The molecule has 1 aromatic carbocycles. The monoisotopic (exact) mass is 324 g/mol. The third-order valence-corrected chi connectivity index (χ3v) is 5.91. The molecule has 4 N–H and O–H groups in total. The number of sulfonamides is 1. The molecular weight excluding hydrogens is 308 g/mol. The first-order chi connectivity index (χ1) is 8.83. The van der Waals surface area contributed by atoms with Gasteiger partial charge in [-0.2, -0.15) is 11.8 Å². The van der Waals surface area contributed by atoms with E-state index in [0.29, 0.717) is 0 Å². The number of hydrogen-bond acceptors (Lipinski definition) is 5. The van der Waals surface area contributed by atoms with Crippen molar-refractivity contribution in [2.24, 2.45) is 0 Å². The van der Waals surface area contributed by atoms with Crippen LogP contribution in [0.15, 0.2) is 23.1 Å². The summed E-state index contributed by atoms with van der Waals surface area (Å²) in [5.41, 5.74) is 5.76. The average Bonchev–Trinajstić information content (AvgIpc) is 2.28. The zero-order valence-electron chi connectivity index (χ0n) is 10.6. The molecule has 108 valence electrons. The molecular formula is C11H17ClN2O3S2. The molecule has 0 aliphatic carbocycles. The normalized spacial score (nSPS) is 15.2. The van der Waals surface area contributed by atoms with Crippen LogP contribution >= 0.6 is 23.4 Å². The molecule has 5 nitrogen and oxygen atoms in total. The third-order valence-electron chi connectivity index (χ3n) is 2.65. The van der Waals surface area contributed by atoms with Crippen molar-refractivity contribution in [3.63, 3.8) is 0 Å². The largest absolute Gasteiger partial charge is 0.398 e. The van der Waals surface area contributed by atoms with Crippen LogP contribution in [0.3, 0.4) is 0 Å². The first kappa shape index (κ1) is 16.6. The maximum absolute atomic E-state index is 12.3. The second-order valence-corrected chi connectivity index (χ2v) is 7.16. The highest BCUT2D eigenvalue weighted by Crippen LogP contribution is 2.27. The number of nitrogen functional groups attached to an aromatic ring is 1. The number of hydrogen-bond donors (Lipinski definition) is 3. The predicted molar refractivity (Wildman–Crippen MR) is 80.0 cm³/mol. The third kappa shape index (κ3) is 4.00. The molecule has 0 saturated carbocycles. The Bertz CT molecular complexity index is 512. The summed E-state index contributed by atoms with van der Waals surface area (Å²) in [6, 6.07) is 4.08. The molecule has 0 heterocycles. The van der Waals surface area contributed by atoms with Gasteiger partial charge in [0, 0.05) is 11.3 Å². The fourth-order valence-electron chi connectivity index (χ4n) is 1.63. The van der Waals surface area contributed by atoms with Crippen LogP contribution in [0.2, 0.25) is 5.02 Å². The van der Waals surface area contributed by atoms with Gasteiger partial charge >= 0.3 is 0 Å². The number of halogens is 1. The molecule has 1 rings (SSSR count). The van der Waals surface area contributed by atoms with Gasteiger partial charge < -0.3 is 10.8 Å². The summed E-state index contributed by atoms with van der Waals surface area (Å²) < 4.78 is 27.0. The molecule has 0 saturated heterocycles. The summed E-state index contributed by atoms with van der Waals surface area (Å²) in [5.74, 6) is 0. The fourth-order valence-corrected chi connectivity index (χ4v) is 4.30. The number of aliphatic hydroxyl groups excluding tert-OH is 1. The number of benzene rings is 1. The van der Waals surface area contributed by atoms with Gasteiger partial charge in [-0.25, -0.2) is 13.1 Å². The Balaban J connectivity index is 3.06. The molecule has 0 radical (unpaired) electrons. The van der Waals surface area contributed by atoms with Gasteiger partial charge in [0.1, 0.15) is 4.90 Å². The average molecular weight is 325 g/mol. The highest BCUT2D eigenvalue weighted by atomic mass is 35.5. The van der Waals surface area contributed by atoms with E-state index < -0.39 is 16.1 Å². The van der Waals surface area contributed by atoms with E-state index in [1.165, 1.54) is 23.9 Å². The quantitative estimate of drug-likeness (QED) is 0.686. The molecule has 0 fully saturated rings. The van der Waals surface area contributed by atoms with Gasteiger partial charge in [0.15, 0.2) is 0 Å². The molecule has 19 heavy (non-hydrogen) atoms.